The summed E-state index contributed by atoms with van der Waals surface area (Å²) < 4.78 is 14.0. The number of halogens is 3. The van der Waals surface area contributed by atoms with E-state index in [2.05, 4.69) is 22.6 Å². The third-order valence-electron chi connectivity index (χ3n) is 2.66. The molecule has 0 spiro atoms. The molecule has 19 heavy (non-hydrogen) atoms. The molecule has 0 atom stereocenters. The smallest absolute Gasteiger partial charge is 0.259 e. The molecule has 5 heteroatoms. The zero-order valence-electron chi connectivity index (χ0n) is 10.0. The van der Waals surface area contributed by atoms with Crippen molar-refractivity contribution in [2.45, 2.75) is 0 Å². The molecule has 2 aromatic carbocycles. The Labute approximate surface area is 129 Å². The Kier molecular flexibility index (Phi) is 4.42. The number of carbonyl (C=O) groups excluding carboxylic acids is 1. The normalized spacial score (nSPS) is 10.3. The molecule has 2 aromatic rings. The van der Waals surface area contributed by atoms with Gasteiger partial charge in [0.05, 0.1) is 5.56 Å². The van der Waals surface area contributed by atoms with Crippen LogP contribution in [0.2, 0.25) is 5.02 Å². The standard InChI is InChI=1S/C14H10ClFINO/c1-18(11-4-2-3-10(16)8-11)14(19)12-7-9(15)5-6-13(12)17/h2-8H,1H3. The third-order valence-corrected chi connectivity index (χ3v) is 3.83. The van der Waals surface area contributed by atoms with Crippen LogP contribution in [0.4, 0.5) is 10.1 Å². The molecule has 0 heterocycles. The Bertz CT molecular complexity index is 633. The summed E-state index contributed by atoms with van der Waals surface area (Å²) in [5.74, 6) is -0.601. The van der Waals surface area contributed by atoms with E-state index in [0.29, 0.717) is 16.3 Å². The van der Waals surface area contributed by atoms with Gasteiger partial charge in [0.2, 0.25) is 0 Å². The van der Waals surface area contributed by atoms with Crippen LogP contribution in [0.1, 0.15) is 10.4 Å². The first-order chi connectivity index (χ1) is 8.99. The van der Waals surface area contributed by atoms with Gasteiger partial charge in [-0.1, -0.05) is 17.7 Å². The van der Waals surface area contributed by atoms with Crippen LogP contribution in [0.25, 0.3) is 0 Å². The molecule has 0 aliphatic carbocycles. The maximum Gasteiger partial charge on any atom is 0.259 e. The van der Waals surface area contributed by atoms with Crippen molar-refractivity contribution in [3.8, 4) is 0 Å². The van der Waals surface area contributed by atoms with E-state index in [1.807, 2.05) is 0 Å². The lowest BCUT2D eigenvalue weighted by Crippen LogP contribution is -2.27. The molecule has 1 amide bonds. The first-order valence-corrected chi connectivity index (χ1v) is 6.93. The fraction of sp³-hybridized carbons (Fsp3) is 0.0714. The number of anilines is 1. The number of hydrogen-bond acceptors (Lipinski definition) is 1. The summed E-state index contributed by atoms with van der Waals surface area (Å²) in [5.41, 5.74) is 1.00. The van der Waals surface area contributed by atoms with Crippen molar-refractivity contribution in [2.75, 3.05) is 11.9 Å². The summed E-state index contributed by atoms with van der Waals surface area (Å²) in [4.78, 5) is 13.8. The lowest BCUT2D eigenvalue weighted by atomic mass is 10.2. The maximum atomic E-state index is 13.2. The molecule has 0 saturated heterocycles. The van der Waals surface area contributed by atoms with E-state index < -0.39 is 0 Å². The maximum absolute atomic E-state index is 13.2. The number of benzene rings is 2. The topological polar surface area (TPSA) is 20.3 Å². The van der Waals surface area contributed by atoms with Crippen LogP contribution in [0, 0.1) is 9.39 Å². The minimum Gasteiger partial charge on any atom is -0.311 e. The van der Waals surface area contributed by atoms with Gasteiger partial charge in [-0.25, -0.2) is 4.39 Å². The molecule has 0 aliphatic rings. The molecule has 0 unspecified atom stereocenters. The molecule has 0 aromatic heterocycles. The predicted octanol–water partition coefficient (Wildman–Crippen LogP) is 4.36. The van der Waals surface area contributed by atoms with E-state index in [1.54, 1.807) is 37.4 Å². The number of carbonyl (C=O) groups is 1. The highest BCUT2D eigenvalue weighted by Crippen LogP contribution is 2.22. The van der Waals surface area contributed by atoms with E-state index in [1.165, 1.54) is 17.0 Å². The van der Waals surface area contributed by atoms with Crippen LogP contribution in [0.5, 0.6) is 0 Å². The van der Waals surface area contributed by atoms with Gasteiger partial charge >= 0.3 is 0 Å². The van der Waals surface area contributed by atoms with Crippen LogP contribution in [0.15, 0.2) is 42.5 Å². The van der Waals surface area contributed by atoms with E-state index >= 15 is 0 Å². The first-order valence-electron chi connectivity index (χ1n) is 5.47. The van der Waals surface area contributed by atoms with E-state index in [4.69, 9.17) is 11.6 Å². The second kappa shape index (κ2) is 5.88. The van der Waals surface area contributed by atoms with Crippen molar-refractivity contribution < 1.29 is 9.18 Å². The summed E-state index contributed by atoms with van der Waals surface area (Å²) in [6.45, 7) is 0. The summed E-state index contributed by atoms with van der Waals surface area (Å²) in [7, 11) is 1.61. The number of rotatable bonds is 2. The van der Waals surface area contributed by atoms with Crippen molar-refractivity contribution >= 4 is 45.8 Å². The van der Waals surface area contributed by atoms with Crippen molar-refractivity contribution in [3.05, 3.63) is 62.4 Å². The van der Waals surface area contributed by atoms with E-state index in [9.17, 15) is 9.18 Å². The highest BCUT2D eigenvalue weighted by molar-refractivity contribution is 14.1. The van der Waals surface area contributed by atoms with Gasteiger partial charge in [0.1, 0.15) is 5.82 Å². The first kappa shape index (κ1) is 14.3. The van der Waals surface area contributed by atoms with E-state index in [0.717, 1.165) is 3.57 Å². The minimum absolute atomic E-state index is 0.225. The molecule has 0 bridgehead atoms. The number of nitrogens with zero attached hydrogens (tertiary/aromatic N) is 1. The van der Waals surface area contributed by atoms with Gasteiger partial charge in [0, 0.05) is 21.3 Å². The van der Waals surface area contributed by atoms with Gasteiger partial charge in [-0.05, 0) is 59.0 Å². The molecule has 2 rings (SSSR count). The second-order valence-electron chi connectivity index (χ2n) is 3.97. The van der Waals surface area contributed by atoms with Crippen LogP contribution < -0.4 is 4.90 Å². The number of hydrogen-bond donors (Lipinski definition) is 0. The van der Waals surface area contributed by atoms with Gasteiger partial charge in [0.15, 0.2) is 0 Å². The number of amides is 1. The van der Waals surface area contributed by atoms with Crippen molar-refractivity contribution in [3.63, 3.8) is 0 Å². The highest BCUT2D eigenvalue weighted by atomic mass is 127. The Balaban J connectivity index is 2.36. The fourth-order valence-corrected chi connectivity index (χ4v) is 2.38. The van der Waals surface area contributed by atoms with Crippen LogP contribution in [0.3, 0.4) is 0 Å². The van der Waals surface area contributed by atoms with Gasteiger partial charge < -0.3 is 4.90 Å². The molecule has 0 N–H and O–H groups in total. The summed E-state index contributed by atoms with van der Waals surface area (Å²) >= 11 is 7.97. The molecule has 0 saturated carbocycles. The monoisotopic (exact) mass is 389 g/mol. The van der Waals surface area contributed by atoms with Crippen LogP contribution in [-0.4, -0.2) is 13.0 Å². The summed E-state index contributed by atoms with van der Waals surface area (Å²) in [6.07, 6.45) is 0. The van der Waals surface area contributed by atoms with Gasteiger partial charge in [-0.2, -0.15) is 0 Å². The van der Waals surface area contributed by atoms with Gasteiger partial charge in [0.25, 0.3) is 5.91 Å². The van der Waals surface area contributed by atoms with Gasteiger partial charge in [-0.3, -0.25) is 4.79 Å². The van der Waals surface area contributed by atoms with Crippen molar-refractivity contribution in [1.82, 2.24) is 0 Å². The molecule has 2 nitrogen and oxygen atoms in total. The van der Waals surface area contributed by atoms with Crippen molar-refractivity contribution in [2.24, 2.45) is 0 Å². The predicted molar refractivity (Wildman–Crippen MR) is 83.3 cm³/mol. The Morgan fingerprint density at radius 3 is 2.68 bits per heavy atom. The summed E-state index contributed by atoms with van der Waals surface area (Å²) in [5, 5.41) is 0.497. The average Bonchev–Trinajstić information content (AvgIpc) is 2.40. The van der Waals surface area contributed by atoms with Crippen LogP contribution in [-0.2, 0) is 0 Å². The lowest BCUT2D eigenvalue weighted by Gasteiger charge is -2.18. The Hall–Kier alpha value is -1.14. The lowest BCUT2D eigenvalue weighted by molar-refractivity contribution is 0.0992. The van der Waals surface area contributed by atoms with E-state index in [-0.39, 0.29) is 11.7 Å². The third kappa shape index (κ3) is 3.25. The Morgan fingerprint density at radius 2 is 2.00 bits per heavy atom. The molecule has 0 fully saturated rings. The molecular weight excluding hydrogens is 380 g/mol. The average molecular weight is 390 g/mol. The molecule has 98 valence electrons. The fourth-order valence-electron chi connectivity index (χ4n) is 1.64. The van der Waals surface area contributed by atoms with Crippen LogP contribution >= 0.6 is 34.2 Å². The molecule has 0 radical (unpaired) electrons. The minimum atomic E-state index is -0.377. The summed E-state index contributed by atoms with van der Waals surface area (Å²) in [6, 6.07) is 11.0. The Morgan fingerprint density at radius 1 is 1.26 bits per heavy atom. The highest BCUT2D eigenvalue weighted by Gasteiger charge is 2.17. The van der Waals surface area contributed by atoms with Crippen molar-refractivity contribution in [1.29, 1.82) is 0 Å². The quantitative estimate of drug-likeness (QED) is 0.699. The zero-order valence-corrected chi connectivity index (χ0v) is 12.9. The second-order valence-corrected chi connectivity index (χ2v) is 5.57. The largest absolute Gasteiger partial charge is 0.311 e. The molecular formula is C14H10ClFINO. The van der Waals surface area contributed by atoms with Gasteiger partial charge in [-0.15, -0.1) is 0 Å². The SMILES string of the molecule is CN(C(=O)c1cc(Cl)ccc1I)c1cccc(F)c1. The zero-order chi connectivity index (χ0) is 14.0. The molecule has 0 aliphatic heterocycles.